The van der Waals surface area contributed by atoms with Crippen molar-refractivity contribution in [3.63, 3.8) is 0 Å². The molecule has 0 aliphatic heterocycles. The van der Waals surface area contributed by atoms with Gasteiger partial charge in [0, 0.05) is 6.54 Å². The van der Waals surface area contributed by atoms with E-state index in [0.717, 1.165) is 0 Å². The highest BCUT2D eigenvalue weighted by molar-refractivity contribution is 9.10. The number of nitrogens with two attached hydrogens (primary N) is 1. The molecule has 5 heteroatoms. The van der Waals surface area contributed by atoms with Crippen molar-refractivity contribution < 1.29 is 14.3 Å². The first-order valence-corrected chi connectivity index (χ1v) is 5.15. The molecule has 0 aliphatic rings. The van der Waals surface area contributed by atoms with E-state index in [1.54, 1.807) is 6.92 Å². The zero-order chi connectivity index (χ0) is 11.6. The van der Waals surface area contributed by atoms with Crippen LogP contribution in [0.25, 0.3) is 0 Å². The zero-order valence-electron chi connectivity index (χ0n) is 8.13. The highest BCUT2D eigenvalue weighted by Crippen LogP contribution is 2.28. The number of carbonyl (C=O) groups is 1. The fourth-order valence-electron chi connectivity index (χ4n) is 1.41. The van der Waals surface area contributed by atoms with Gasteiger partial charge in [-0.05, 0) is 40.0 Å². The molecule has 0 radical (unpaired) electrons. The molecule has 0 saturated carbocycles. The third kappa shape index (κ3) is 2.35. The van der Waals surface area contributed by atoms with E-state index >= 15 is 0 Å². The van der Waals surface area contributed by atoms with Gasteiger partial charge in [0.05, 0.1) is 10.4 Å². The molecule has 0 saturated heterocycles. The van der Waals surface area contributed by atoms with Crippen LogP contribution in [0.5, 0.6) is 0 Å². The number of rotatable bonds is 3. The van der Waals surface area contributed by atoms with Crippen LogP contribution in [0, 0.1) is 12.7 Å². The molecular formula is C10H11BrFNO2. The molecule has 0 heterocycles. The van der Waals surface area contributed by atoms with Gasteiger partial charge in [-0.15, -0.1) is 0 Å². The second-order valence-electron chi connectivity index (χ2n) is 3.20. The minimum Gasteiger partial charge on any atom is -0.481 e. The van der Waals surface area contributed by atoms with E-state index in [0.29, 0.717) is 15.6 Å². The molecule has 3 N–H and O–H groups in total. The summed E-state index contributed by atoms with van der Waals surface area (Å²) < 4.78 is 13.4. The van der Waals surface area contributed by atoms with E-state index in [-0.39, 0.29) is 6.54 Å². The Hall–Kier alpha value is -0.940. The Bertz CT molecular complexity index is 395. The highest BCUT2D eigenvalue weighted by Gasteiger charge is 2.21. The van der Waals surface area contributed by atoms with Crippen molar-refractivity contribution >= 4 is 21.9 Å². The second kappa shape index (κ2) is 4.72. The van der Waals surface area contributed by atoms with E-state index in [1.807, 2.05) is 0 Å². The molecule has 0 fully saturated rings. The lowest BCUT2D eigenvalue weighted by atomic mass is 9.95. The van der Waals surface area contributed by atoms with Crippen molar-refractivity contribution in [2.45, 2.75) is 12.8 Å². The summed E-state index contributed by atoms with van der Waals surface area (Å²) in [6.45, 7) is 1.66. The topological polar surface area (TPSA) is 63.3 Å². The minimum absolute atomic E-state index is 0.00571. The van der Waals surface area contributed by atoms with Crippen LogP contribution in [0.2, 0.25) is 0 Å². The molecular weight excluding hydrogens is 265 g/mol. The predicted octanol–water partition coefficient (Wildman–Crippen LogP) is 2.02. The van der Waals surface area contributed by atoms with Crippen LogP contribution in [-0.2, 0) is 4.79 Å². The van der Waals surface area contributed by atoms with Gasteiger partial charge in [0.15, 0.2) is 0 Å². The number of hydrogen-bond acceptors (Lipinski definition) is 2. The van der Waals surface area contributed by atoms with Crippen LogP contribution < -0.4 is 5.73 Å². The Morgan fingerprint density at radius 1 is 1.67 bits per heavy atom. The Morgan fingerprint density at radius 2 is 2.27 bits per heavy atom. The molecule has 15 heavy (non-hydrogen) atoms. The van der Waals surface area contributed by atoms with Crippen LogP contribution in [0.3, 0.4) is 0 Å². The summed E-state index contributed by atoms with van der Waals surface area (Å²) in [7, 11) is 0. The molecule has 1 atom stereocenters. The predicted molar refractivity (Wildman–Crippen MR) is 58.3 cm³/mol. The molecule has 1 aromatic carbocycles. The standard InChI is InChI=1S/C10H11BrFNO2/c1-5-6(7(4-13)10(14)15)2-3-8(12)9(5)11/h2-3,7H,4,13H2,1H3,(H,14,15). The van der Waals surface area contributed by atoms with Gasteiger partial charge in [-0.25, -0.2) is 4.39 Å². The average molecular weight is 276 g/mol. The summed E-state index contributed by atoms with van der Waals surface area (Å²) in [5.74, 6) is -2.20. The number of carboxylic acid groups (broad SMARTS) is 1. The van der Waals surface area contributed by atoms with Gasteiger partial charge in [0.25, 0.3) is 0 Å². The molecule has 3 nitrogen and oxygen atoms in total. The van der Waals surface area contributed by atoms with E-state index in [4.69, 9.17) is 10.8 Å². The maximum absolute atomic E-state index is 13.1. The van der Waals surface area contributed by atoms with Crippen molar-refractivity contribution in [3.8, 4) is 0 Å². The maximum Gasteiger partial charge on any atom is 0.312 e. The lowest BCUT2D eigenvalue weighted by molar-refractivity contribution is -0.138. The lowest BCUT2D eigenvalue weighted by Crippen LogP contribution is -2.22. The molecule has 0 aromatic heterocycles. The SMILES string of the molecule is Cc1c(C(CN)C(=O)O)ccc(F)c1Br. The van der Waals surface area contributed by atoms with Crippen LogP contribution in [0.15, 0.2) is 16.6 Å². The quantitative estimate of drug-likeness (QED) is 0.887. The van der Waals surface area contributed by atoms with Gasteiger partial charge < -0.3 is 10.8 Å². The van der Waals surface area contributed by atoms with Crippen LogP contribution in [-0.4, -0.2) is 17.6 Å². The zero-order valence-corrected chi connectivity index (χ0v) is 9.71. The van der Waals surface area contributed by atoms with Crippen molar-refractivity contribution in [1.82, 2.24) is 0 Å². The number of hydrogen-bond donors (Lipinski definition) is 2. The van der Waals surface area contributed by atoms with Crippen LogP contribution in [0.4, 0.5) is 4.39 Å². The maximum atomic E-state index is 13.1. The Labute approximate surface area is 95.2 Å². The van der Waals surface area contributed by atoms with Gasteiger partial charge >= 0.3 is 5.97 Å². The Balaban J connectivity index is 3.25. The second-order valence-corrected chi connectivity index (χ2v) is 4.00. The van der Waals surface area contributed by atoms with E-state index in [2.05, 4.69) is 15.9 Å². The van der Waals surface area contributed by atoms with Crippen molar-refractivity contribution in [3.05, 3.63) is 33.5 Å². The summed E-state index contributed by atoms with van der Waals surface area (Å²) in [5.41, 5.74) is 6.49. The van der Waals surface area contributed by atoms with Gasteiger partial charge in [0.1, 0.15) is 5.82 Å². The molecule has 0 aliphatic carbocycles. The first-order chi connectivity index (χ1) is 6.99. The highest BCUT2D eigenvalue weighted by atomic mass is 79.9. The molecule has 0 amide bonds. The molecule has 0 spiro atoms. The van der Waals surface area contributed by atoms with Gasteiger partial charge in [-0.1, -0.05) is 6.07 Å². The fourth-order valence-corrected chi connectivity index (χ4v) is 1.77. The van der Waals surface area contributed by atoms with Crippen molar-refractivity contribution in [2.75, 3.05) is 6.54 Å². The van der Waals surface area contributed by atoms with E-state index < -0.39 is 17.7 Å². The average Bonchev–Trinajstić information content (AvgIpc) is 2.18. The number of aliphatic carboxylic acids is 1. The Morgan fingerprint density at radius 3 is 2.73 bits per heavy atom. The first kappa shape index (κ1) is 12.1. The minimum atomic E-state index is -1.00. The molecule has 82 valence electrons. The monoisotopic (exact) mass is 275 g/mol. The Kier molecular flexibility index (Phi) is 3.82. The van der Waals surface area contributed by atoms with Gasteiger partial charge in [-0.2, -0.15) is 0 Å². The van der Waals surface area contributed by atoms with Crippen LogP contribution >= 0.6 is 15.9 Å². The molecule has 0 bridgehead atoms. The first-order valence-electron chi connectivity index (χ1n) is 4.36. The summed E-state index contributed by atoms with van der Waals surface area (Å²) in [4.78, 5) is 10.9. The number of halogens is 2. The summed E-state index contributed by atoms with van der Waals surface area (Å²) in [5, 5.41) is 8.92. The molecule has 1 aromatic rings. The third-order valence-corrected chi connectivity index (χ3v) is 3.26. The fraction of sp³-hybridized carbons (Fsp3) is 0.300. The summed E-state index contributed by atoms with van der Waals surface area (Å²) in [6, 6.07) is 2.69. The number of carboxylic acids is 1. The van der Waals surface area contributed by atoms with Crippen molar-refractivity contribution in [2.24, 2.45) is 5.73 Å². The summed E-state index contributed by atoms with van der Waals surface area (Å²) in [6.07, 6.45) is 0. The lowest BCUT2D eigenvalue weighted by Gasteiger charge is -2.14. The molecule has 1 unspecified atom stereocenters. The van der Waals surface area contributed by atoms with Crippen LogP contribution in [0.1, 0.15) is 17.0 Å². The van der Waals surface area contributed by atoms with Gasteiger partial charge in [-0.3, -0.25) is 4.79 Å². The molecule has 1 rings (SSSR count). The van der Waals surface area contributed by atoms with E-state index in [1.165, 1.54) is 12.1 Å². The normalized spacial score (nSPS) is 12.5. The van der Waals surface area contributed by atoms with Gasteiger partial charge in [0.2, 0.25) is 0 Å². The largest absolute Gasteiger partial charge is 0.481 e. The van der Waals surface area contributed by atoms with E-state index in [9.17, 15) is 9.18 Å². The third-order valence-electron chi connectivity index (χ3n) is 2.29. The summed E-state index contributed by atoms with van der Waals surface area (Å²) >= 11 is 3.07. The number of benzene rings is 1. The van der Waals surface area contributed by atoms with Crippen molar-refractivity contribution in [1.29, 1.82) is 0 Å². The smallest absolute Gasteiger partial charge is 0.312 e.